The fourth-order valence-corrected chi connectivity index (χ4v) is 3.38. The van der Waals surface area contributed by atoms with Gasteiger partial charge < -0.3 is 9.84 Å². The molecule has 0 aliphatic carbocycles. The van der Waals surface area contributed by atoms with Crippen LogP contribution >= 0.6 is 11.8 Å². The summed E-state index contributed by atoms with van der Waals surface area (Å²) in [5, 5.41) is 8.87. The van der Waals surface area contributed by atoms with Crippen molar-refractivity contribution in [1.82, 2.24) is 4.90 Å². The molecule has 2 rings (SSSR count). The van der Waals surface area contributed by atoms with Crippen molar-refractivity contribution >= 4 is 11.8 Å². The number of benzene rings is 1. The van der Waals surface area contributed by atoms with Crippen LogP contribution in [-0.4, -0.2) is 47.8 Å². The Morgan fingerprint density at radius 1 is 1.50 bits per heavy atom. The highest BCUT2D eigenvalue weighted by Gasteiger charge is 2.19. The van der Waals surface area contributed by atoms with Crippen LogP contribution in [0.3, 0.4) is 0 Å². The van der Waals surface area contributed by atoms with E-state index in [4.69, 9.17) is 9.84 Å². The molecule has 20 heavy (non-hydrogen) atoms. The smallest absolute Gasteiger partial charge is 0.119 e. The molecule has 1 saturated heterocycles. The summed E-state index contributed by atoms with van der Waals surface area (Å²) in [5.74, 6) is 8.99. The van der Waals surface area contributed by atoms with Gasteiger partial charge in [0.1, 0.15) is 12.4 Å². The van der Waals surface area contributed by atoms with E-state index in [1.54, 1.807) is 7.11 Å². The third kappa shape index (κ3) is 3.92. The van der Waals surface area contributed by atoms with Crippen molar-refractivity contribution in [3.63, 3.8) is 0 Å². The molecule has 108 valence electrons. The zero-order valence-electron chi connectivity index (χ0n) is 12.1. The summed E-state index contributed by atoms with van der Waals surface area (Å²) >= 11 is 2.02. The molecule has 0 bridgehead atoms. The quantitative estimate of drug-likeness (QED) is 0.863. The van der Waals surface area contributed by atoms with Gasteiger partial charge in [0.25, 0.3) is 0 Å². The first-order valence-corrected chi connectivity index (χ1v) is 7.98. The van der Waals surface area contributed by atoms with Gasteiger partial charge in [-0.3, -0.25) is 4.90 Å². The first kappa shape index (κ1) is 15.2. The molecule has 1 unspecified atom stereocenters. The van der Waals surface area contributed by atoms with Gasteiger partial charge >= 0.3 is 0 Å². The number of thioether (sulfide) groups is 1. The third-order valence-corrected chi connectivity index (χ3v) is 4.68. The highest BCUT2D eigenvalue weighted by atomic mass is 32.2. The second-order valence-electron chi connectivity index (χ2n) is 4.88. The SMILES string of the molecule is COc1ccc(C#CCO)c(CN2CCSCC2C)c1. The number of aliphatic hydroxyl groups excluding tert-OH is 1. The van der Waals surface area contributed by atoms with Crippen LogP contribution in [-0.2, 0) is 6.54 Å². The van der Waals surface area contributed by atoms with Gasteiger partial charge in [0.15, 0.2) is 0 Å². The summed E-state index contributed by atoms with van der Waals surface area (Å²) in [6.45, 7) is 4.15. The largest absolute Gasteiger partial charge is 0.497 e. The van der Waals surface area contributed by atoms with Gasteiger partial charge in [-0.1, -0.05) is 11.8 Å². The van der Waals surface area contributed by atoms with Gasteiger partial charge in [-0.15, -0.1) is 0 Å². The number of nitrogens with zero attached hydrogens (tertiary/aromatic N) is 1. The highest BCUT2D eigenvalue weighted by Crippen LogP contribution is 2.23. The summed E-state index contributed by atoms with van der Waals surface area (Å²) in [6.07, 6.45) is 0. The highest BCUT2D eigenvalue weighted by molar-refractivity contribution is 7.99. The van der Waals surface area contributed by atoms with E-state index in [0.717, 1.165) is 24.4 Å². The Morgan fingerprint density at radius 3 is 3.05 bits per heavy atom. The molecule has 0 aromatic heterocycles. The van der Waals surface area contributed by atoms with Gasteiger partial charge in [0.05, 0.1) is 7.11 Å². The van der Waals surface area contributed by atoms with Gasteiger partial charge in [-0.05, 0) is 30.7 Å². The lowest BCUT2D eigenvalue weighted by molar-refractivity contribution is 0.223. The molecule has 1 aliphatic rings. The standard InChI is InChI=1S/C16H21NO2S/c1-13-12-20-9-7-17(13)11-15-10-16(19-2)6-5-14(15)4-3-8-18/h5-6,10,13,18H,7-9,11-12H2,1-2H3. The van der Waals surface area contributed by atoms with Crippen molar-refractivity contribution in [2.24, 2.45) is 0 Å². The van der Waals surface area contributed by atoms with E-state index in [1.165, 1.54) is 17.1 Å². The minimum Gasteiger partial charge on any atom is -0.497 e. The predicted molar refractivity (Wildman–Crippen MR) is 84.2 cm³/mol. The second kappa shape index (κ2) is 7.58. The van der Waals surface area contributed by atoms with Crippen LogP contribution in [0.1, 0.15) is 18.1 Å². The van der Waals surface area contributed by atoms with E-state index in [-0.39, 0.29) is 6.61 Å². The lowest BCUT2D eigenvalue weighted by atomic mass is 10.1. The lowest BCUT2D eigenvalue weighted by Crippen LogP contribution is -2.39. The van der Waals surface area contributed by atoms with Crippen LogP contribution < -0.4 is 4.74 Å². The molecule has 1 fully saturated rings. The molecule has 1 aliphatic heterocycles. The van der Waals surface area contributed by atoms with Crippen LogP contribution in [0.15, 0.2) is 18.2 Å². The molecule has 0 amide bonds. The van der Waals surface area contributed by atoms with Gasteiger partial charge in [-0.25, -0.2) is 0 Å². The number of hydrogen-bond donors (Lipinski definition) is 1. The predicted octanol–water partition coefficient (Wildman–Crippen LogP) is 1.98. The molecule has 1 heterocycles. The zero-order valence-corrected chi connectivity index (χ0v) is 12.9. The van der Waals surface area contributed by atoms with E-state index in [9.17, 15) is 0 Å². The van der Waals surface area contributed by atoms with Crippen molar-refractivity contribution in [3.8, 4) is 17.6 Å². The molecular weight excluding hydrogens is 270 g/mol. The molecule has 1 aromatic carbocycles. The number of rotatable bonds is 3. The van der Waals surface area contributed by atoms with Gasteiger partial charge in [0.2, 0.25) is 0 Å². The van der Waals surface area contributed by atoms with Gasteiger partial charge in [-0.2, -0.15) is 11.8 Å². The first-order valence-electron chi connectivity index (χ1n) is 6.83. The minimum atomic E-state index is -0.109. The number of aliphatic hydroxyl groups is 1. The fourth-order valence-electron chi connectivity index (χ4n) is 2.30. The third-order valence-electron chi connectivity index (χ3n) is 3.49. The number of ether oxygens (including phenoxy) is 1. The van der Waals surface area contributed by atoms with Crippen molar-refractivity contribution in [2.45, 2.75) is 19.5 Å². The molecule has 0 radical (unpaired) electrons. The van der Waals surface area contributed by atoms with E-state index in [2.05, 4.69) is 29.7 Å². The topological polar surface area (TPSA) is 32.7 Å². The zero-order chi connectivity index (χ0) is 14.4. The van der Waals surface area contributed by atoms with E-state index in [0.29, 0.717) is 6.04 Å². The number of methoxy groups -OCH3 is 1. The molecule has 0 spiro atoms. The first-order chi connectivity index (χ1) is 9.74. The summed E-state index contributed by atoms with van der Waals surface area (Å²) in [6, 6.07) is 6.52. The molecule has 1 atom stereocenters. The average molecular weight is 291 g/mol. The maximum atomic E-state index is 8.87. The normalized spacial score (nSPS) is 19.2. The Labute approximate surface area is 125 Å². The minimum absolute atomic E-state index is 0.109. The summed E-state index contributed by atoms with van der Waals surface area (Å²) in [4.78, 5) is 2.48. The molecule has 1 N–H and O–H groups in total. The van der Waals surface area contributed by atoms with Crippen molar-refractivity contribution < 1.29 is 9.84 Å². The van der Waals surface area contributed by atoms with Crippen molar-refractivity contribution in [2.75, 3.05) is 31.8 Å². The van der Waals surface area contributed by atoms with E-state index >= 15 is 0 Å². The van der Waals surface area contributed by atoms with Crippen LogP contribution in [0.25, 0.3) is 0 Å². The maximum absolute atomic E-state index is 8.87. The Bertz CT molecular complexity index is 507. The summed E-state index contributed by atoms with van der Waals surface area (Å²) in [7, 11) is 1.68. The van der Waals surface area contributed by atoms with E-state index in [1.807, 2.05) is 23.9 Å². The fraction of sp³-hybridized carbons (Fsp3) is 0.500. The summed E-state index contributed by atoms with van der Waals surface area (Å²) in [5.41, 5.74) is 2.15. The van der Waals surface area contributed by atoms with Crippen molar-refractivity contribution in [1.29, 1.82) is 0 Å². The van der Waals surface area contributed by atoms with Crippen molar-refractivity contribution in [3.05, 3.63) is 29.3 Å². The molecule has 4 heteroatoms. The maximum Gasteiger partial charge on any atom is 0.119 e. The van der Waals surface area contributed by atoms with E-state index < -0.39 is 0 Å². The second-order valence-corrected chi connectivity index (χ2v) is 6.03. The molecular formula is C16H21NO2S. The van der Waals surface area contributed by atoms with Crippen LogP contribution in [0.4, 0.5) is 0 Å². The van der Waals surface area contributed by atoms with Crippen LogP contribution in [0.5, 0.6) is 5.75 Å². The Morgan fingerprint density at radius 2 is 2.35 bits per heavy atom. The van der Waals surface area contributed by atoms with Crippen LogP contribution in [0, 0.1) is 11.8 Å². The molecule has 1 aromatic rings. The molecule has 0 saturated carbocycles. The van der Waals surface area contributed by atoms with Gasteiger partial charge in [0, 0.05) is 36.2 Å². The van der Waals surface area contributed by atoms with Crippen LogP contribution in [0.2, 0.25) is 0 Å². The lowest BCUT2D eigenvalue weighted by Gasteiger charge is -2.33. The summed E-state index contributed by atoms with van der Waals surface area (Å²) < 4.78 is 5.31. The Kier molecular flexibility index (Phi) is 5.78. The Balaban J connectivity index is 2.22. The monoisotopic (exact) mass is 291 g/mol. The molecule has 3 nitrogen and oxygen atoms in total. The average Bonchev–Trinajstić information content (AvgIpc) is 2.48. The Hall–Kier alpha value is -1.15. The number of hydrogen-bond acceptors (Lipinski definition) is 4.